The van der Waals surface area contributed by atoms with Crippen LogP contribution in [0.2, 0.25) is 0 Å². The Morgan fingerprint density at radius 2 is 2.47 bits per heavy atom. The molecule has 0 unspecified atom stereocenters. The van der Waals surface area contributed by atoms with Gasteiger partial charge in [0.1, 0.15) is 0 Å². The maximum Gasteiger partial charge on any atom is 0.191 e. The van der Waals surface area contributed by atoms with Crippen molar-refractivity contribution in [2.75, 3.05) is 13.1 Å². The zero-order chi connectivity index (χ0) is 10.5. The van der Waals surface area contributed by atoms with Crippen LogP contribution in [-0.2, 0) is 6.54 Å². The van der Waals surface area contributed by atoms with E-state index in [1.54, 1.807) is 6.07 Å². The van der Waals surface area contributed by atoms with Gasteiger partial charge < -0.3 is 10.6 Å². The highest BCUT2D eigenvalue weighted by molar-refractivity contribution is 5.81. The van der Waals surface area contributed by atoms with Crippen molar-refractivity contribution in [2.24, 2.45) is 4.99 Å². The maximum absolute atomic E-state index is 8.74. The maximum atomic E-state index is 8.74. The van der Waals surface area contributed by atoms with Crippen molar-refractivity contribution in [1.82, 2.24) is 10.6 Å². The number of hydrogen-bond donors (Lipinski definition) is 2. The normalized spacial score (nSPS) is 13.9. The molecule has 0 saturated carbocycles. The summed E-state index contributed by atoms with van der Waals surface area (Å²) >= 11 is 0. The first-order valence-corrected chi connectivity index (χ1v) is 4.90. The summed E-state index contributed by atoms with van der Waals surface area (Å²) in [5.74, 6) is 0.845. The van der Waals surface area contributed by atoms with Crippen molar-refractivity contribution in [3.63, 3.8) is 0 Å². The third-order valence-electron chi connectivity index (χ3n) is 2.19. The highest BCUT2D eigenvalue weighted by atomic mass is 15.2. The van der Waals surface area contributed by atoms with E-state index in [0.29, 0.717) is 12.1 Å². The Balaban J connectivity index is 1.96. The lowest BCUT2D eigenvalue weighted by molar-refractivity contribution is 0.867. The Morgan fingerprint density at radius 1 is 1.53 bits per heavy atom. The molecule has 0 aromatic heterocycles. The molecule has 0 amide bonds. The molecule has 0 aliphatic carbocycles. The van der Waals surface area contributed by atoms with Gasteiger partial charge in [-0.3, -0.25) is 4.99 Å². The quantitative estimate of drug-likeness (QED) is 0.735. The standard InChI is InChI=1S/C11H12N4/c12-7-9-2-1-3-10(6-9)8-15-11-13-4-5-14-11/h1-3,6H,4-5,8H2,(H2,13,14,15). The minimum atomic E-state index is 0.690. The van der Waals surface area contributed by atoms with E-state index in [-0.39, 0.29) is 0 Å². The zero-order valence-electron chi connectivity index (χ0n) is 8.33. The van der Waals surface area contributed by atoms with Crippen LogP contribution < -0.4 is 10.6 Å². The monoisotopic (exact) mass is 200 g/mol. The Bertz CT molecular complexity index is 417. The van der Waals surface area contributed by atoms with Crippen molar-refractivity contribution >= 4 is 5.96 Å². The molecule has 1 aliphatic rings. The van der Waals surface area contributed by atoms with Gasteiger partial charge in [0, 0.05) is 13.1 Å². The van der Waals surface area contributed by atoms with Crippen molar-refractivity contribution in [2.45, 2.75) is 6.54 Å². The third-order valence-corrected chi connectivity index (χ3v) is 2.19. The molecule has 4 heteroatoms. The molecule has 15 heavy (non-hydrogen) atoms. The van der Waals surface area contributed by atoms with E-state index >= 15 is 0 Å². The van der Waals surface area contributed by atoms with Crippen LogP contribution in [0.25, 0.3) is 0 Å². The van der Waals surface area contributed by atoms with E-state index in [9.17, 15) is 0 Å². The number of aliphatic imine (C=N–C) groups is 1. The number of rotatable bonds is 2. The van der Waals surface area contributed by atoms with Gasteiger partial charge in [-0.25, -0.2) is 0 Å². The lowest BCUT2D eigenvalue weighted by Gasteiger charge is -2.06. The van der Waals surface area contributed by atoms with Crippen LogP contribution in [0.1, 0.15) is 11.1 Å². The molecular formula is C11H12N4. The molecule has 1 aromatic carbocycles. The second-order valence-electron chi connectivity index (χ2n) is 3.32. The molecule has 0 spiro atoms. The molecule has 2 rings (SSSR count). The molecule has 1 aliphatic heterocycles. The van der Waals surface area contributed by atoms with E-state index in [1.165, 1.54) is 0 Å². The Morgan fingerprint density at radius 3 is 3.20 bits per heavy atom. The van der Waals surface area contributed by atoms with E-state index in [4.69, 9.17) is 5.26 Å². The number of nitrogens with one attached hydrogen (secondary N) is 2. The van der Waals surface area contributed by atoms with Crippen LogP contribution >= 0.6 is 0 Å². The summed E-state index contributed by atoms with van der Waals surface area (Å²) in [6.45, 7) is 2.43. The number of benzene rings is 1. The van der Waals surface area contributed by atoms with Crippen LogP contribution in [0.15, 0.2) is 29.3 Å². The molecule has 1 aromatic rings. The summed E-state index contributed by atoms with van der Waals surface area (Å²) < 4.78 is 0. The van der Waals surface area contributed by atoms with Crippen molar-refractivity contribution in [3.8, 4) is 6.07 Å². The molecule has 0 fully saturated rings. The van der Waals surface area contributed by atoms with Crippen LogP contribution in [0, 0.1) is 11.3 Å². The van der Waals surface area contributed by atoms with Crippen LogP contribution in [-0.4, -0.2) is 19.0 Å². The smallest absolute Gasteiger partial charge is 0.191 e. The Hall–Kier alpha value is -2.02. The van der Waals surface area contributed by atoms with Gasteiger partial charge in [0.05, 0.1) is 18.2 Å². The molecule has 0 saturated heterocycles. The van der Waals surface area contributed by atoms with Gasteiger partial charge in [0.15, 0.2) is 5.96 Å². The highest BCUT2D eigenvalue weighted by Crippen LogP contribution is 2.03. The minimum Gasteiger partial charge on any atom is -0.355 e. The minimum absolute atomic E-state index is 0.690. The van der Waals surface area contributed by atoms with Gasteiger partial charge in [0.2, 0.25) is 0 Å². The van der Waals surface area contributed by atoms with E-state index < -0.39 is 0 Å². The van der Waals surface area contributed by atoms with Gasteiger partial charge in [-0.05, 0) is 17.7 Å². The van der Waals surface area contributed by atoms with Crippen molar-refractivity contribution < 1.29 is 0 Å². The fourth-order valence-electron chi connectivity index (χ4n) is 1.45. The predicted octanol–water partition coefficient (Wildman–Crippen LogP) is 0.607. The summed E-state index contributed by atoms with van der Waals surface area (Å²) in [4.78, 5) is 4.22. The summed E-state index contributed by atoms with van der Waals surface area (Å²) in [5.41, 5.74) is 1.78. The first kappa shape index (κ1) is 9.53. The highest BCUT2D eigenvalue weighted by Gasteiger charge is 2.03. The Labute approximate surface area is 88.6 Å². The van der Waals surface area contributed by atoms with Gasteiger partial charge in [-0.2, -0.15) is 5.26 Å². The number of guanidine groups is 1. The fraction of sp³-hybridized carbons (Fsp3) is 0.273. The second kappa shape index (κ2) is 4.47. The van der Waals surface area contributed by atoms with Crippen molar-refractivity contribution in [1.29, 1.82) is 5.26 Å². The van der Waals surface area contributed by atoms with E-state index in [0.717, 1.165) is 24.6 Å². The molecular weight excluding hydrogens is 188 g/mol. The zero-order valence-corrected chi connectivity index (χ0v) is 8.33. The molecule has 0 bridgehead atoms. The van der Waals surface area contributed by atoms with Crippen molar-refractivity contribution in [3.05, 3.63) is 35.4 Å². The number of nitriles is 1. The summed E-state index contributed by atoms with van der Waals surface area (Å²) in [5, 5.41) is 15.0. The average Bonchev–Trinajstić information content (AvgIpc) is 2.79. The third kappa shape index (κ3) is 2.47. The summed E-state index contributed by atoms with van der Waals surface area (Å²) in [7, 11) is 0. The molecule has 4 nitrogen and oxygen atoms in total. The lowest BCUT2D eigenvalue weighted by Crippen LogP contribution is -2.33. The van der Waals surface area contributed by atoms with E-state index in [2.05, 4.69) is 21.7 Å². The molecule has 0 atom stereocenters. The Kier molecular flexibility index (Phi) is 2.84. The molecule has 0 radical (unpaired) electrons. The van der Waals surface area contributed by atoms with Gasteiger partial charge in [-0.1, -0.05) is 12.1 Å². The van der Waals surface area contributed by atoms with Gasteiger partial charge in [0.25, 0.3) is 0 Å². The van der Waals surface area contributed by atoms with Gasteiger partial charge in [-0.15, -0.1) is 0 Å². The first-order valence-electron chi connectivity index (χ1n) is 4.90. The summed E-state index contributed by atoms with van der Waals surface area (Å²) in [6.07, 6.45) is 0. The van der Waals surface area contributed by atoms with Crippen LogP contribution in [0.5, 0.6) is 0 Å². The van der Waals surface area contributed by atoms with E-state index in [1.807, 2.05) is 18.2 Å². The predicted molar refractivity (Wildman–Crippen MR) is 58.3 cm³/mol. The van der Waals surface area contributed by atoms with Crippen LogP contribution in [0.4, 0.5) is 0 Å². The summed E-state index contributed by atoms with van der Waals surface area (Å²) in [6, 6.07) is 9.68. The largest absolute Gasteiger partial charge is 0.355 e. The fourth-order valence-corrected chi connectivity index (χ4v) is 1.45. The van der Waals surface area contributed by atoms with Gasteiger partial charge >= 0.3 is 0 Å². The first-order chi connectivity index (χ1) is 7.38. The number of nitrogens with zero attached hydrogens (tertiary/aromatic N) is 2. The lowest BCUT2D eigenvalue weighted by atomic mass is 10.1. The molecule has 76 valence electrons. The van der Waals surface area contributed by atoms with Crippen LogP contribution in [0.3, 0.4) is 0 Å². The average molecular weight is 200 g/mol. The molecule has 2 N–H and O–H groups in total. The SMILES string of the molecule is N#Cc1cccc(CNC2=NCCN2)c1. The second-order valence-corrected chi connectivity index (χ2v) is 3.32. The number of hydrogen-bond acceptors (Lipinski definition) is 4. The topological polar surface area (TPSA) is 60.2 Å². The molecule has 1 heterocycles.